The van der Waals surface area contributed by atoms with Crippen molar-refractivity contribution in [3.8, 4) is 0 Å². The fourth-order valence-electron chi connectivity index (χ4n) is 1.62. The number of fused-ring (bicyclic) bond motifs is 1. The van der Waals surface area contributed by atoms with E-state index in [4.69, 9.17) is 0 Å². The molecule has 94 valence electrons. The monoisotopic (exact) mass is 250 g/mol. The summed E-state index contributed by atoms with van der Waals surface area (Å²) in [6.45, 7) is 1.67. The van der Waals surface area contributed by atoms with Crippen molar-refractivity contribution in [2.24, 2.45) is 0 Å². The number of benzene rings is 1. The van der Waals surface area contributed by atoms with E-state index in [-0.39, 0.29) is 17.6 Å². The van der Waals surface area contributed by atoms with E-state index >= 15 is 0 Å². The summed E-state index contributed by atoms with van der Waals surface area (Å²) in [6, 6.07) is 6.37. The summed E-state index contributed by atoms with van der Waals surface area (Å²) >= 11 is 0. The molecule has 0 bridgehead atoms. The maximum Gasteiger partial charge on any atom is 0.363 e. The summed E-state index contributed by atoms with van der Waals surface area (Å²) < 4.78 is 19.3. The molecule has 0 radical (unpaired) electrons. The molecule has 1 atom stereocenters. The minimum atomic E-state index is -2.06. The van der Waals surface area contributed by atoms with Gasteiger partial charge in [0.25, 0.3) is 6.30 Å². The Morgan fingerprint density at radius 2 is 2.22 bits per heavy atom. The van der Waals surface area contributed by atoms with Crippen molar-refractivity contribution in [2.45, 2.75) is 13.2 Å². The third kappa shape index (κ3) is 2.09. The third-order valence-corrected chi connectivity index (χ3v) is 2.41. The number of ether oxygens (including phenoxy) is 1. The van der Waals surface area contributed by atoms with E-state index in [9.17, 15) is 14.0 Å². The first-order valence-electron chi connectivity index (χ1n) is 5.42. The second-order valence-electron chi connectivity index (χ2n) is 3.56. The molecule has 2 aromatic rings. The van der Waals surface area contributed by atoms with Crippen LogP contribution >= 0.6 is 0 Å². The van der Waals surface area contributed by atoms with Gasteiger partial charge in [-0.1, -0.05) is 12.1 Å². The number of esters is 1. The highest BCUT2D eigenvalue weighted by atomic mass is 19.1. The van der Waals surface area contributed by atoms with Gasteiger partial charge in [-0.25, -0.2) is 13.9 Å². The molecule has 1 aromatic carbocycles. The van der Waals surface area contributed by atoms with Crippen LogP contribution in [0.3, 0.4) is 0 Å². The molecule has 6 heteroatoms. The van der Waals surface area contributed by atoms with Crippen LogP contribution in [-0.4, -0.2) is 22.4 Å². The largest absolute Gasteiger partial charge is 0.462 e. The molecule has 0 spiro atoms. The Morgan fingerprint density at radius 1 is 1.50 bits per heavy atom. The molecule has 0 aliphatic heterocycles. The van der Waals surface area contributed by atoms with Gasteiger partial charge in [0.05, 0.1) is 18.3 Å². The summed E-state index contributed by atoms with van der Waals surface area (Å²) in [5, 5.41) is 3.94. The molecule has 2 rings (SSSR count). The topological polar surface area (TPSA) is 61.2 Å². The van der Waals surface area contributed by atoms with Gasteiger partial charge >= 0.3 is 5.97 Å². The first-order chi connectivity index (χ1) is 8.65. The van der Waals surface area contributed by atoms with Crippen molar-refractivity contribution in [1.82, 2.24) is 9.78 Å². The number of rotatable bonds is 3. The molecule has 1 aromatic heterocycles. The number of carbonyl (C=O) groups is 1. The van der Waals surface area contributed by atoms with Crippen LogP contribution in [0.15, 0.2) is 35.3 Å². The lowest BCUT2D eigenvalue weighted by Gasteiger charge is -2.12. The van der Waals surface area contributed by atoms with Gasteiger partial charge in [-0.3, -0.25) is 4.79 Å². The van der Waals surface area contributed by atoms with Gasteiger partial charge in [0.2, 0.25) is 5.43 Å². The fraction of sp³-hybridized carbons (Fsp3) is 0.250. The van der Waals surface area contributed by atoms with Crippen LogP contribution < -0.4 is 5.43 Å². The molecule has 0 aliphatic carbocycles. The van der Waals surface area contributed by atoms with E-state index in [1.54, 1.807) is 25.1 Å². The van der Waals surface area contributed by atoms with Crippen LogP contribution in [0.25, 0.3) is 10.9 Å². The second-order valence-corrected chi connectivity index (χ2v) is 3.56. The van der Waals surface area contributed by atoms with Crippen LogP contribution in [-0.2, 0) is 9.53 Å². The van der Waals surface area contributed by atoms with Crippen LogP contribution in [0.1, 0.15) is 13.2 Å². The molecule has 0 saturated heterocycles. The fourth-order valence-corrected chi connectivity index (χ4v) is 1.62. The van der Waals surface area contributed by atoms with Gasteiger partial charge in [0.1, 0.15) is 0 Å². The van der Waals surface area contributed by atoms with Gasteiger partial charge in [-0.05, 0) is 19.1 Å². The van der Waals surface area contributed by atoms with Crippen molar-refractivity contribution in [1.29, 1.82) is 0 Å². The van der Waals surface area contributed by atoms with E-state index in [0.29, 0.717) is 5.39 Å². The predicted molar refractivity (Wildman–Crippen MR) is 62.8 cm³/mol. The first kappa shape index (κ1) is 12.2. The summed E-state index contributed by atoms with van der Waals surface area (Å²) in [4.78, 5) is 22.9. The number of alkyl halides is 1. The smallest absolute Gasteiger partial charge is 0.363 e. The highest BCUT2D eigenvalue weighted by molar-refractivity contribution is 5.80. The molecule has 0 amide bonds. The van der Waals surface area contributed by atoms with Gasteiger partial charge in [0.15, 0.2) is 0 Å². The number of halogens is 1. The Morgan fingerprint density at radius 3 is 2.94 bits per heavy atom. The lowest BCUT2D eigenvalue weighted by Crippen LogP contribution is -2.22. The van der Waals surface area contributed by atoms with Crippen LogP contribution in [0, 0.1) is 0 Å². The molecular weight excluding hydrogens is 239 g/mol. The molecule has 1 heterocycles. The quantitative estimate of drug-likeness (QED) is 0.773. The van der Waals surface area contributed by atoms with Crippen LogP contribution in [0.5, 0.6) is 0 Å². The van der Waals surface area contributed by atoms with Crippen molar-refractivity contribution in [2.75, 3.05) is 6.61 Å². The van der Waals surface area contributed by atoms with Crippen molar-refractivity contribution in [3.63, 3.8) is 0 Å². The highest BCUT2D eigenvalue weighted by Gasteiger charge is 2.22. The van der Waals surface area contributed by atoms with Gasteiger partial charge in [-0.15, -0.1) is 0 Å². The normalized spacial score (nSPS) is 12.3. The first-order valence-corrected chi connectivity index (χ1v) is 5.42. The Hall–Kier alpha value is -2.24. The SMILES string of the molecule is CCOC(=O)C(F)n1ncc(=O)c2ccccc21. The van der Waals surface area contributed by atoms with E-state index in [0.717, 1.165) is 10.9 Å². The standard InChI is InChI=1S/C12H11FN2O3/c1-2-18-12(17)11(13)15-9-6-4-3-5-8(9)10(16)7-14-15/h3-7,11H,2H2,1H3. The Bertz CT molecular complexity index is 639. The Labute approximate surface area is 102 Å². The van der Waals surface area contributed by atoms with Crippen LogP contribution in [0.2, 0.25) is 0 Å². The molecule has 0 fully saturated rings. The molecule has 0 saturated carbocycles. The highest BCUT2D eigenvalue weighted by Crippen LogP contribution is 2.16. The number of para-hydroxylation sites is 1. The molecule has 0 N–H and O–H groups in total. The molecule has 18 heavy (non-hydrogen) atoms. The average molecular weight is 250 g/mol. The molecule has 1 unspecified atom stereocenters. The Balaban J connectivity index is 2.55. The summed E-state index contributed by atoms with van der Waals surface area (Å²) in [5.74, 6) is -1.03. The average Bonchev–Trinajstić information content (AvgIpc) is 2.39. The molecule has 5 nitrogen and oxygen atoms in total. The number of carbonyl (C=O) groups excluding carboxylic acids is 1. The van der Waals surface area contributed by atoms with Gasteiger partial charge in [-0.2, -0.15) is 5.10 Å². The third-order valence-electron chi connectivity index (χ3n) is 2.41. The zero-order valence-electron chi connectivity index (χ0n) is 9.67. The number of aromatic nitrogens is 2. The number of hydrogen-bond acceptors (Lipinski definition) is 4. The van der Waals surface area contributed by atoms with Gasteiger partial charge < -0.3 is 4.74 Å². The van der Waals surface area contributed by atoms with E-state index in [1.165, 1.54) is 6.07 Å². The van der Waals surface area contributed by atoms with Crippen LogP contribution in [0.4, 0.5) is 4.39 Å². The summed E-state index contributed by atoms with van der Waals surface area (Å²) in [5.41, 5.74) is -0.0662. The summed E-state index contributed by atoms with van der Waals surface area (Å²) in [6.07, 6.45) is -1.08. The minimum Gasteiger partial charge on any atom is -0.462 e. The lowest BCUT2D eigenvalue weighted by atomic mass is 10.2. The second kappa shape index (κ2) is 4.95. The predicted octanol–water partition coefficient (Wildman–Crippen LogP) is 1.43. The van der Waals surface area contributed by atoms with Crippen molar-refractivity contribution < 1.29 is 13.9 Å². The van der Waals surface area contributed by atoms with E-state index < -0.39 is 12.3 Å². The van der Waals surface area contributed by atoms with E-state index in [2.05, 4.69) is 9.84 Å². The number of nitrogens with zero attached hydrogens (tertiary/aromatic N) is 2. The lowest BCUT2D eigenvalue weighted by molar-refractivity contribution is -0.153. The van der Waals surface area contributed by atoms with Gasteiger partial charge in [0, 0.05) is 5.39 Å². The maximum absolute atomic E-state index is 13.9. The zero-order valence-corrected chi connectivity index (χ0v) is 9.67. The number of hydrogen-bond donors (Lipinski definition) is 0. The Kier molecular flexibility index (Phi) is 3.36. The van der Waals surface area contributed by atoms with E-state index in [1.807, 2.05) is 0 Å². The summed E-state index contributed by atoms with van der Waals surface area (Å²) in [7, 11) is 0. The maximum atomic E-state index is 13.9. The zero-order chi connectivity index (χ0) is 13.1. The van der Waals surface area contributed by atoms with Crippen molar-refractivity contribution >= 4 is 16.9 Å². The van der Waals surface area contributed by atoms with Crippen molar-refractivity contribution in [3.05, 3.63) is 40.7 Å². The molecule has 0 aliphatic rings. The molecular formula is C12H11FN2O3. The minimum absolute atomic E-state index is 0.0807.